The van der Waals surface area contributed by atoms with Crippen molar-refractivity contribution in [2.75, 3.05) is 19.5 Å². The predicted octanol–water partition coefficient (Wildman–Crippen LogP) is 3.21. The summed E-state index contributed by atoms with van der Waals surface area (Å²) in [6.07, 6.45) is 4.31. The monoisotopic (exact) mass is 287 g/mol. The SMILES string of the molecule is CNc1nc(-c2ccc(F)c(OC)c2)nc2c1CCCC2. The van der Waals surface area contributed by atoms with Gasteiger partial charge in [0.05, 0.1) is 7.11 Å². The van der Waals surface area contributed by atoms with E-state index in [1.54, 1.807) is 12.1 Å². The first kappa shape index (κ1) is 13.8. The molecule has 1 aliphatic carbocycles. The highest BCUT2D eigenvalue weighted by Gasteiger charge is 2.18. The average molecular weight is 287 g/mol. The molecule has 5 heteroatoms. The van der Waals surface area contributed by atoms with E-state index in [0.717, 1.165) is 36.3 Å². The lowest BCUT2D eigenvalue weighted by molar-refractivity contribution is 0.386. The highest BCUT2D eigenvalue weighted by molar-refractivity contribution is 5.62. The van der Waals surface area contributed by atoms with Gasteiger partial charge in [-0.2, -0.15) is 0 Å². The number of rotatable bonds is 3. The molecule has 1 aromatic carbocycles. The smallest absolute Gasteiger partial charge is 0.165 e. The number of nitrogens with one attached hydrogen (secondary N) is 1. The second kappa shape index (κ2) is 5.68. The average Bonchev–Trinajstić information content (AvgIpc) is 2.54. The fourth-order valence-electron chi connectivity index (χ4n) is 2.73. The van der Waals surface area contributed by atoms with E-state index in [1.165, 1.54) is 25.2 Å². The van der Waals surface area contributed by atoms with Crippen LogP contribution in [0.5, 0.6) is 5.75 Å². The van der Waals surface area contributed by atoms with E-state index in [2.05, 4.69) is 15.3 Å². The van der Waals surface area contributed by atoms with Crippen LogP contribution in [0.1, 0.15) is 24.1 Å². The first-order valence-electron chi connectivity index (χ1n) is 7.14. The Kier molecular flexibility index (Phi) is 3.73. The third kappa shape index (κ3) is 2.55. The van der Waals surface area contributed by atoms with Gasteiger partial charge in [-0.25, -0.2) is 14.4 Å². The van der Waals surface area contributed by atoms with E-state index in [4.69, 9.17) is 4.74 Å². The molecular formula is C16H18FN3O. The van der Waals surface area contributed by atoms with Crippen molar-refractivity contribution in [3.8, 4) is 17.1 Å². The zero-order chi connectivity index (χ0) is 14.8. The van der Waals surface area contributed by atoms with Crippen LogP contribution < -0.4 is 10.1 Å². The number of aryl methyl sites for hydroxylation is 1. The Bertz CT molecular complexity index is 656. The van der Waals surface area contributed by atoms with Crippen LogP contribution in [0.3, 0.4) is 0 Å². The van der Waals surface area contributed by atoms with Crippen molar-refractivity contribution in [2.24, 2.45) is 0 Å². The maximum Gasteiger partial charge on any atom is 0.165 e. The summed E-state index contributed by atoms with van der Waals surface area (Å²) in [5, 5.41) is 3.15. The second-order valence-corrected chi connectivity index (χ2v) is 5.13. The fourth-order valence-corrected chi connectivity index (χ4v) is 2.73. The minimum atomic E-state index is -0.381. The normalized spacial score (nSPS) is 13.7. The lowest BCUT2D eigenvalue weighted by Gasteiger charge is -2.19. The van der Waals surface area contributed by atoms with Crippen LogP contribution in [0.4, 0.5) is 10.2 Å². The number of ether oxygens (including phenoxy) is 1. The van der Waals surface area contributed by atoms with E-state index in [-0.39, 0.29) is 11.6 Å². The van der Waals surface area contributed by atoms with E-state index in [1.807, 2.05) is 7.05 Å². The lowest BCUT2D eigenvalue weighted by atomic mass is 9.96. The van der Waals surface area contributed by atoms with E-state index in [9.17, 15) is 4.39 Å². The summed E-state index contributed by atoms with van der Waals surface area (Å²) in [4.78, 5) is 9.25. The van der Waals surface area contributed by atoms with Crippen molar-refractivity contribution in [3.05, 3.63) is 35.3 Å². The molecule has 0 unspecified atom stereocenters. The number of halogens is 1. The number of hydrogen-bond donors (Lipinski definition) is 1. The third-order valence-corrected chi connectivity index (χ3v) is 3.83. The summed E-state index contributed by atoms with van der Waals surface area (Å²) in [6, 6.07) is 4.71. The molecule has 110 valence electrons. The molecule has 0 fully saturated rings. The first-order chi connectivity index (χ1) is 10.2. The Labute approximate surface area is 123 Å². The Balaban J connectivity index is 2.10. The molecule has 1 heterocycles. The van der Waals surface area contributed by atoms with Gasteiger partial charge in [0.25, 0.3) is 0 Å². The topological polar surface area (TPSA) is 47.0 Å². The Morgan fingerprint density at radius 3 is 2.76 bits per heavy atom. The van der Waals surface area contributed by atoms with Gasteiger partial charge in [0.2, 0.25) is 0 Å². The van der Waals surface area contributed by atoms with Crippen LogP contribution in [0, 0.1) is 5.82 Å². The van der Waals surface area contributed by atoms with Crippen LogP contribution in [0.15, 0.2) is 18.2 Å². The van der Waals surface area contributed by atoms with E-state index in [0.29, 0.717) is 5.82 Å². The number of aromatic nitrogens is 2. The van der Waals surface area contributed by atoms with Gasteiger partial charge in [0.15, 0.2) is 17.4 Å². The molecule has 0 atom stereocenters. The predicted molar refractivity (Wildman–Crippen MR) is 80.2 cm³/mol. The maximum absolute atomic E-state index is 13.5. The van der Waals surface area contributed by atoms with Crippen LogP contribution in [0.2, 0.25) is 0 Å². The quantitative estimate of drug-likeness (QED) is 0.941. The number of fused-ring (bicyclic) bond motifs is 1. The number of benzene rings is 1. The van der Waals surface area contributed by atoms with E-state index < -0.39 is 0 Å². The Morgan fingerprint density at radius 1 is 1.19 bits per heavy atom. The van der Waals surface area contributed by atoms with Crippen LogP contribution in [0.25, 0.3) is 11.4 Å². The second-order valence-electron chi connectivity index (χ2n) is 5.13. The molecule has 21 heavy (non-hydrogen) atoms. The van der Waals surface area contributed by atoms with Gasteiger partial charge in [-0.1, -0.05) is 0 Å². The van der Waals surface area contributed by atoms with Crippen molar-refractivity contribution in [1.82, 2.24) is 9.97 Å². The van der Waals surface area contributed by atoms with Crippen LogP contribution in [-0.4, -0.2) is 24.1 Å². The molecule has 0 saturated carbocycles. The largest absolute Gasteiger partial charge is 0.494 e. The molecule has 2 aromatic rings. The highest BCUT2D eigenvalue weighted by atomic mass is 19.1. The minimum Gasteiger partial charge on any atom is -0.494 e. The number of nitrogens with zero attached hydrogens (tertiary/aromatic N) is 2. The van der Waals surface area contributed by atoms with Crippen LogP contribution in [-0.2, 0) is 12.8 Å². The molecule has 0 amide bonds. The highest BCUT2D eigenvalue weighted by Crippen LogP contribution is 2.30. The van der Waals surface area contributed by atoms with E-state index >= 15 is 0 Å². The lowest BCUT2D eigenvalue weighted by Crippen LogP contribution is -2.12. The molecule has 0 saturated heterocycles. The molecule has 1 N–H and O–H groups in total. The van der Waals surface area contributed by atoms with Gasteiger partial charge in [-0.15, -0.1) is 0 Å². The molecule has 1 aliphatic rings. The van der Waals surface area contributed by atoms with Crippen molar-refractivity contribution in [2.45, 2.75) is 25.7 Å². The van der Waals surface area contributed by atoms with Gasteiger partial charge in [-0.05, 0) is 43.9 Å². The van der Waals surface area contributed by atoms with Gasteiger partial charge in [-0.3, -0.25) is 0 Å². The molecule has 0 bridgehead atoms. The molecule has 0 spiro atoms. The molecule has 4 nitrogen and oxygen atoms in total. The summed E-state index contributed by atoms with van der Waals surface area (Å²) in [7, 11) is 3.32. The van der Waals surface area contributed by atoms with Crippen LogP contribution >= 0.6 is 0 Å². The zero-order valence-corrected chi connectivity index (χ0v) is 12.2. The fraction of sp³-hybridized carbons (Fsp3) is 0.375. The van der Waals surface area contributed by atoms with Gasteiger partial charge < -0.3 is 10.1 Å². The van der Waals surface area contributed by atoms with Gasteiger partial charge in [0.1, 0.15) is 5.82 Å². The van der Waals surface area contributed by atoms with Crippen molar-refractivity contribution < 1.29 is 9.13 Å². The van der Waals surface area contributed by atoms with Gasteiger partial charge in [0, 0.05) is 23.9 Å². The molecule has 0 radical (unpaired) electrons. The van der Waals surface area contributed by atoms with Gasteiger partial charge >= 0.3 is 0 Å². The number of anilines is 1. The number of methoxy groups -OCH3 is 1. The summed E-state index contributed by atoms with van der Waals surface area (Å²) in [6.45, 7) is 0. The Morgan fingerprint density at radius 2 is 2.00 bits per heavy atom. The first-order valence-corrected chi connectivity index (χ1v) is 7.14. The zero-order valence-electron chi connectivity index (χ0n) is 12.2. The number of hydrogen-bond acceptors (Lipinski definition) is 4. The third-order valence-electron chi connectivity index (χ3n) is 3.83. The maximum atomic E-state index is 13.5. The Hall–Kier alpha value is -2.17. The van der Waals surface area contributed by atoms with Crippen molar-refractivity contribution in [1.29, 1.82) is 0 Å². The molecule has 0 aliphatic heterocycles. The molecule has 1 aromatic heterocycles. The van der Waals surface area contributed by atoms with Crippen molar-refractivity contribution >= 4 is 5.82 Å². The minimum absolute atomic E-state index is 0.208. The summed E-state index contributed by atoms with van der Waals surface area (Å²) < 4.78 is 18.6. The standard InChI is InChI=1S/C16H18FN3O/c1-18-16-11-5-3-4-6-13(11)19-15(20-16)10-7-8-12(17)14(9-10)21-2/h7-9H,3-6H2,1-2H3,(H,18,19,20). The molecule has 3 rings (SSSR count). The summed E-state index contributed by atoms with van der Waals surface area (Å²) in [5.41, 5.74) is 3.07. The summed E-state index contributed by atoms with van der Waals surface area (Å²) >= 11 is 0. The molecular weight excluding hydrogens is 269 g/mol. The van der Waals surface area contributed by atoms with Crippen molar-refractivity contribution in [3.63, 3.8) is 0 Å². The summed E-state index contributed by atoms with van der Waals surface area (Å²) in [5.74, 6) is 1.31.